The summed E-state index contributed by atoms with van der Waals surface area (Å²) in [4.78, 5) is 13.6. The van der Waals surface area contributed by atoms with E-state index in [4.69, 9.17) is 4.42 Å². The Bertz CT molecular complexity index is 944. The van der Waals surface area contributed by atoms with Gasteiger partial charge in [-0.2, -0.15) is 5.10 Å². The molecule has 0 saturated heterocycles. The van der Waals surface area contributed by atoms with Crippen LogP contribution in [0.5, 0.6) is 0 Å². The van der Waals surface area contributed by atoms with E-state index in [1.165, 1.54) is 4.90 Å². The number of aromatic nitrogens is 4. The summed E-state index contributed by atoms with van der Waals surface area (Å²) in [6.07, 6.45) is 0.510. The van der Waals surface area contributed by atoms with Gasteiger partial charge in [-0.15, -0.1) is 16.9 Å². The maximum absolute atomic E-state index is 12.4. The summed E-state index contributed by atoms with van der Waals surface area (Å²) < 4.78 is 7.37. The van der Waals surface area contributed by atoms with Crippen LogP contribution >= 0.6 is 11.8 Å². The molecule has 1 amide bonds. The summed E-state index contributed by atoms with van der Waals surface area (Å²) in [5.74, 6) is 0.0798. The van der Waals surface area contributed by atoms with E-state index in [1.54, 1.807) is 10.7 Å². The highest BCUT2D eigenvalue weighted by atomic mass is 32.2. The van der Waals surface area contributed by atoms with E-state index in [0.29, 0.717) is 23.3 Å². The maximum Gasteiger partial charge on any atom is 0.322 e. The van der Waals surface area contributed by atoms with Gasteiger partial charge in [0, 0.05) is 21.9 Å². The van der Waals surface area contributed by atoms with Gasteiger partial charge in [0.2, 0.25) is 5.89 Å². The van der Waals surface area contributed by atoms with Crippen molar-refractivity contribution in [1.29, 1.82) is 0 Å². The van der Waals surface area contributed by atoms with Gasteiger partial charge in [-0.1, -0.05) is 31.1 Å². The standard InChI is InChI=1S/C20H25N5O2S/c1-12(2)25-14(5)10-17(24-25)19(26)21-20-23-22-18(27-20)11-15-6-8-16(9-7-15)28-13(3)4/h6-10,12-13H,11H2,1-5H3,(H,21,23,26). The predicted molar refractivity (Wildman–Crippen MR) is 110 cm³/mol. The Morgan fingerprint density at radius 1 is 1.18 bits per heavy atom. The van der Waals surface area contributed by atoms with Crippen LogP contribution in [0.3, 0.4) is 0 Å². The molecule has 3 aromatic rings. The Morgan fingerprint density at radius 2 is 1.89 bits per heavy atom. The zero-order valence-corrected chi connectivity index (χ0v) is 17.6. The summed E-state index contributed by atoms with van der Waals surface area (Å²) in [5, 5.41) is 15.4. The SMILES string of the molecule is Cc1cc(C(=O)Nc2nnc(Cc3ccc(SC(C)C)cc3)o2)nn1C(C)C. The average Bonchev–Trinajstić information content (AvgIpc) is 3.22. The quantitative estimate of drug-likeness (QED) is 0.589. The molecule has 3 rings (SSSR count). The van der Waals surface area contributed by atoms with Crippen molar-refractivity contribution in [2.24, 2.45) is 0 Å². The molecule has 28 heavy (non-hydrogen) atoms. The fraction of sp³-hybridized carbons (Fsp3) is 0.400. The number of nitrogens with zero attached hydrogens (tertiary/aromatic N) is 4. The van der Waals surface area contributed by atoms with Gasteiger partial charge in [-0.3, -0.25) is 14.8 Å². The average molecular weight is 400 g/mol. The molecule has 0 aliphatic carbocycles. The molecule has 2 heterocycles. The molecule has 0 saturated carbocycles. The second-order valence-electron chi connectivity index (χ2n) is 7.15. The minimum absolute atomic E-state index is 0.0729. The van der Waals surface area contributed by atoms with Crippen molar-refractivity contribution in [2.75, 3.05) is 5.32 Å². The smallest absolute Gasteiger partial charge is 0.322 e. The number of rotatable bonds is 7. The van der Waals surface area contributed by atoms with Crippen LogP contribution in [0.25, 0.3) is 0 Å². The molecule has 8 heteroatoms. The number of benzene rings is 1. The van der Waals surface area contributed by atoms with E-state index >= 15 is 0 Å². The first-order valence-electron chi connectivity index (χ1n) is 9.27. The lowest BCUT2D eigenvalue weighted by atomic mass is 10.1. The Morgan fingerprint density at radius 3 is 2.50 bits per heavy atom. The highest BCUT2D eigenvalue weighted by molar-refractivity contribution is 7.99. The van der Waals surface area contributed by atoms with E-state index in [0.717, 1.165) is 11.3 Å². The number of amides is 1. The number of hydrogen-bond donors (Lipinski definition) is 1. The van der Waals surface area contributed by atoms with E-state index in [-0.39, 0.29) is 18.0 Å². The fourth-order valence-corrected chi connectivity index (χ4v) is 3.63. The first kappa shape index (κ1) is 20.1. The highest BCUT2D eigenvalue weighted by Gasteiger charge is 2.17. The van der Waals surface area contributed by atoms with E-state index in [1.807, 2.05) is 32.5 Å². The molecule has 2 aromatic heterocycles. The second-order valence-corrected chi connectivity index (χ2v) is 8.80. The summed E-state index contributed by atoms with van der Waals surface area (Å²) in [5.41, 5.74) is 2.32. The number of carbonyl (C=O) groups excluding carboxylic acids is 1. The van der Waals surface area contributed by atoms with Gasteiger partial charge >= 0.3 is 6.01 Å². The van der Waals surface area contributed by atoms with Crippen LogP contribution in [0.2, 0.25) is 0 Å². The molecule has 1 aromatic carbocycles. The molecule has 0 atom stereocenters. The third kappa shape index (κ3) is 5.01. The topological polar surface area (TPSA) is 85.8 Å². The largest absolute Gasteiger partial charge is 0.407 e. The van der Waals surface area contributed by atoms with Gasteiger partial charge in [-0.25, -0.2) is 0 Å². The number of thioether (sulfide) groups is 1. The molecule has 7 nitrogen and oxygen atoms in total. The normalized spacial score (nSPS) is 11.4. The highest BCUT2D eigenvalue weighted by Crippen LogP contribution is 2.23. The first-order valence-corrected chi connectivity index (χ1v) is 10.1. The summed E-state index contributed by atoms with van der Waals surface area (Å²) in [7, 11) is 0. The molecule has 0 radical (unpaired) electrons. The van der Waals surface area contributed by atoms with Crippen LogP contribution in [-0.4, -0.2) is 31.1 Å². The lowest BCUT2D eigenvalue weighted by Crippen LogP contribution is -2.14. The first-order chi connectivity index (χ1) is 13.3. The van der Waals surface area contributed by atoms with Crippen LogP contribution in [0, 0.1) is 6.92 Å². The number of hydrogen-bond acceptors (Lipinski definition) is 6. The van der Waals surface area contributed by atoms with Gasteiger partial charge in [0.05, 0.1) is 6.42 Å². The third-order valence-corrected chi connectivity index (χ3v) is 5.00. The zero-order chi connectivity index (χ0) is 20.3. The van der Waals surface area contributed by atoms with E-state index in [2.05, 4.69) is 58.7 Å². The van der Waals surface area contributed by atoms with Crippen molar-refractivity contribution in [3.8, 4) is 0 Å². The molecule has 0 spiro atoms. The number of carbonyl (C=O) groups is 1. The molecule has 0 bridgehead atoms. The second kappa shape index (κ2) is 8.60. The van der Waals surface area contributed by atoms with Crippen molar-refractivity contribution in [3.63, 3.8) is 0 Å². The number of nitrogens with one attached hydrogen (secondary N) is 1. The minimum Gasteiger partial charge on any atom is -0.407 e. The Labute approximate surface area is 168 Å². The van der Waals surface area contributed by atoms with E-state index in [9.17, 15) is 4.79 Å². The Hall–Kier alpha value is -2.61. The predicted octanol–water partition coefficient (Wildman–Crippen LogP) is 4.50. The zero-order valence-electron chi connectivity index (χ0n) is 16.8. The van der Waals surface area contributed by atoms with Crippen molar-refractivity contribution < 1.29 is 9.21 Å². The molecule has 0 aliphatic heterocycles. The van der Waals surface area contributed by atoms with E-state index < -0.39 is 0 Å². The Kier molecular flexibility index (Phi) is 6.18. The maximum atomic E-state index is 12.4. The molecule has 0 unspecified atom stereocenters. The number of aryl methyl sites for hydroxylation is 1. The van der Waals surface area contributed by atoms with Gasteiger partial charge in [0.15, 0.2) is 5.69 Å². The molecular weight excluding hydrogens is 374 g/mol. The van der Waals surface area contributed by atoms with Crippen LogP contribution in [0.15, 0.2) is 39.6 Å². The lowest BCUT2D eigenvalue weighted by molar-refractivity contribution is 0.101. The van der Waals surface area contributed by atoms with Gasteiger partial charge in [0.25, 0.3) is 5.91 Å². The molecule has 1 N–H and O–H groups in total. The van der Waals surface area contributed by atoms with Gasteiger partial charge in [0.1, 0.15) is 0 Å². The fourth-order valence-electron chi connectivity index (χ4n) is 2.79. The minimum atomic E-state index is -0.368. The van der Waals surface area contributed by atoms with Crippen LogP contribution in [0.1, 0.15) is 61.4 Å². The summed E-state index contributed by atoms with van der Waals surface area (Å²) >= 11 is 1.82. The van der Waals surface area contributed by atoms with Crippen molar-refractivity contribution in [3.05, 3.63) is 53.2 Å². The van der Waals surface area contributed by atoms with Crippen molar-refractivity contribution >= 4 is 23.7 Å². The van der Waals surface area contributed by atoms with Crippen molar-refractivity contribution in [1.82, 2.24) is 20.0 Å². The summed E-state index contributed by atoms with van der Waals surface area (Å²) in [6.45, 7) is 10.3. The number of anilines is 1. The van der Waals surface area contributed by atoms with Crippen LogP contribution < -0.4 is 5.32 Å². The van der Waals surface area contributed by atoms with Gasteiger partial charge in [-0.05, 0) is 44.5 Å². The van der Waals surface area contributed by atoms with Gasteiger partial charge < -0.3 is 4.42 Å². The molecule has 0 fully saturated rings. The molecule has 148 valence electrons. The molecule has 0 aliphatic rings. The Balaban J connectivity index is 1.62. The van der Waals surface area contributed by atoms with Crippen molar-refractivity contribution in [2.45, 2.75) is 57.2 Å². The third-order valence-electron chi connectivity index (χ3n) is 3.98. The monoisotopic (exact) mass is 399 g/mol. The summed E-state index contributed by atoms with van der Waals surface area (Å²) in [6, 6.07) is 10.3. The van der Waals surface area contributed by atoms with Crippen LogP contribution in [-0.2, 0) is 6.42 Å². The lowest BCUT2D eigenvalue weighted by Gasteiger charge is -2.06. The van der Waals surface area contributed by atoms with Crippen LogP contribution in [0.4, 0.5) is 6.01 Å². The molecular formula is C20H25N5O2S.